The first-order valence-corrected chi connectivity index (χ1v) is 8.24. The molecule has 0 saturated carbocycles. The monoisotopic (exact) mass is 363 g/mol. The van der Waals surface area contributed by atoms with Gasteiger partial charge in [-0.15, -0.1) is 0 Å². The van der Waals surface area contributed by atoms with Gasteiger partial charge >= 0.3 is 0 Å². The quantitative estimate of drug-likeness (QED) is 0.728. The molecular weight excluding hydrogens is 344 g/mol. The fourth-order valence-electron chi connectivity index (χ4n) is 2.72. The number of aliphatic hydroxyl groups is 1. The van der Waals surface area contributed by atoms with Crippen LogP contribution in [0.4, 0.5) is 8.78 Å². The van der Waals surface area contributed by atoms with Crippen molar-refractivity contribution < 1.29 is 23.4 Å². The normalized spacial score (nSPS) is 19.3. The van der Waals surface area contributed by atoms with Gasteiger partial charge in [0.05, 0.1) is 18.3 Å². The topological polar surface area (TPSA) is 83.5 Å². The first-order chi connectivity index (χ1) is 12.5. The first-order valence-electron chi connectivity index (χ1n) is 8.24. The van der Waals surface area contributed by atoms with Crippen LogP contribution in [0.15, 0.2) is 36.5 Å². The van der Waals surface area contributed by atoms with Crippen molar-refractivity contribution in [3.05, 3.63) is 53.9 Å². The number of aromatic nitrogens is 1. The summed E-state index contributed by atoms with van der Waals surface area (Å²) in [6.07, 6.45) is 1.23. The molecule has 1 aromatic carbocycles. The number of nitrogens with one attached hydrogen (secondary N) is 2. The molecular formula is C18H19F2N3O3. The molecule has 1 aliphatic heterocycles. The number of halogens is 2. The SMILES string of the molecule is O=C(C[C@@H]1CNC[C@H]1O)NCc1cc(Oc2ccc(F)c(F)c2)ccn1. The highest BCUT2D eigenvalue weighted by Gasteiger charge is 2.26. The molecule has 0 spiro atoms. The van der Waals surface area contributed by atoms with E-state index in [4.69, 9.17) is 4.74 Å². The third kappa shape index (κ3) is 4.74. The van der Waals surface area contributed by atoms with Gasteiger partial charge in [-0.05, 0) is 18.2 Å². The van der Waals surface area contributed by atoms with Crippen molar-refractivity contribution in [2.24, 2.45) is 5.92 Å². The Balaban J connectivity index is 1.55. The van der Waals surface area contributed by atoms with Gasteiger partial charge in [-0.2, -0.15) is 0 Å². The molecule has 0 bridgehead atoms. The molecule has 1 aromatic heterocycles. The maximum absolute atomic E-state index is 13.2. The molecule has 0 radical (unpaired) electrons. The van der Waals surface area contributed by atoms with Gasteiger partial charge < -0.3 is 20.5 Å². The van der Waals surface area contributed by atoms with Gasteiger partial charge in [-0.1, -0.05) is 0 Å². The van der Waals surface area contributed by atoms with Gasteiger partial charge in [-0.25, -0.2) is 8.78 Å². The van der Waals surface area contributed by atoms with E-state index in [1.165, 1.54) is 12.3 Å². The lowest BCUT2D eigenvalue weighted by Gasteiger charge is -2.13. The molecule has 0 aliphatic carbocycles. The fraction of sp³-hybridized carbons (Fsp3) is 0.333. The maximum atomic E-state index is 13.2. The smallest absolute Gasteiger partial charge is 0.220 e. The van der Waals surface area contributed by atoms with Gasteiger partial charge in [0.15, 0.2) is 11.6 Å². The van der Waals surface area contributed by atoms with Crippen molar-refractivity contribution in [2.45, 2.75) is 19.1 Å². The van der Waals surface area contributed by atoms with Gasteiger partial charge in [0, 0.05) is 43.8 Å². The van der Waals surface area contributed by atoms with E-state index < -0.39 is 17.7 Å². The van der Waals surface area contributed by atoms with Crippen LogP contribution in [0.25, 0.3) is 0 Å². The number of hydrogen-bond acceptors (Lipinski definition) is 5. The van der Waals surface area contributed by atoms with Crippen molar-refractivity contribution in [1.29, 1.82) is 0 Å². The van der Waals surface area contributed by atoms with E-state index in [0.717, 1.165) is 12.1 Å². The molecule has 2 atom stereocenters. The van der Waals surface area contributed by atoms with Crippen molar-refractivity contribution in [3.8, 4) is 11.5 Å². The molecule has 138 valence electrons. The number of pyridine rings is 1. The number of amides is 1. The zero-order valence-electron chi connectivity index (χ0n) is 13.9. The molecule has 8 heteroatoms. The Morgan fingerprint density at radius 1 is 1.23 bits per heavy atom. The average molecular weight is 363 g/mol. The van der Waals surface area contributed by atoms with Crippen LogP contribution < -0.4 is 15.4 Å². The van der Waals surface area contributed by atoms with Crippen LogP contribution in [0.1, 0.15) is 12.1 Å². The van der Waals surface area contributed by atoms with E-state index in [-0.39, 0.29) is 30.5 Å². The van der Waals surface area contributed by atoms with Crippen molar-refractivity contribution >= 4 is 5.91 Å². The Bertz CT molecular complexity index is 788. The standard InChI is InChI=1S/C18H19F2N3O3/c19-15-2-1-13(7-16(15)20)26-14-3-4-22-12(6-14)9-23-18(25)5-11-8-21-10-17(11)24/h1-4,6-7,11,17,21,24H,5,8-10H2,(H,23,25)/t11-,17-/m1/s1. The molecule has 3 rings (SSSR count). The van der Waals surface area contributed by atoms with Crippen LogP contribution in [-0.2, 0) is 11.3 Å². The first kappa shape index (κ1) is 18.2. The van der Waals surface area contributed by atoms with E-state index in [9.17, 15) is 18.7 Å². The number of carbonyl (C=O) groups excluding carboxylic acids is 1. The van der Waals surface area contributed by atoms with Crippen molar-refractivity contribution in [2.75, 3.05) is 13.1 Å². The zero-order chi connectivity index (χ0) is 18.5. The minimum atomic E-state index is -0.993. The van der Waals surface area contributed by atoms with E-state index >= 15 is 0 Å². The van der Waals surface area contributed by atoms with Crippen LogP contribution >= 0.6 is 0 Å². The summed E-state index contributed by atoms with van der Waals surface area (Å²) in [6.45, 7) is 1.32. The van der Waals surface area contributed by atoms with E-state index in [0.29, 0.717) is 24.5 Å². The second-order valence-electron chi connectivity index (χ2n) is 6.13. The number of ether oxygens (including phenoxy) is 1. The molecule has 2 heterocycles. The minimum absolute atomic E-state index is 0.0917. The third-order valence-electron chi connectivity index (χ3n) is 4.13. The van der Waals surface area contributed by atoms with E-state index in [1.54, 1.807) is 12.1 Å². The number of carbonyl (C=O) groups is 1. The molecule has 2 aromatic rings. The summed E-state index contributed by atoms with van der Waals surface area (Å²) >= 11 is 0. The molecule has 1 aliphatic rings. The summed E-state index contributed by atoms with van der Waals surface area (Å²) in [5, 5.41) is 15.5. The van der Waals surface area contributed by atoms with E-state index in [2.05, 4.69) is 15.6 Å². The third-order valence-corrected chi connectivity index (χ3v) is 4.13. The Morgan fingerprint density at radius 3 is 2.77 bits per heavy atom. The lowest BCUT2D eigenvalue weighted by Crippen LogP contribution is -2.29. The molecule has 3 N–H and O–H groups in total. The average Bonchev–Trinajstić information content (AvgIpc) is 3.01. The summed E-state index contributed by atoms with van der Waals surface area (Å²) < 4.78 is 31.7. The summed E-state index contributed by atoms with van der Waals surface area (Å²) in [4.78, 5) is 16.1. The summed E-state index contributed by atoms with van der Waals surface area (Å²) in [5.41, 5.74) is 0.559. The van der Waals surface area contributed by atoms with Gasteiger partial charge in [0.25, 0.3) is 0 Å². The summed E-state index contributed by atoms with van der Waals surface area (Å²) in [6, 6.07) is 6.44. The minimum Gasteiger partial charge on any atom is -0.457 e. The van der Waals surface area contributed by atoms with Crippen molar-refractivity contribution in [1.82, 2.24) is 15.6 Å². The second-order valence-corrected chi connectivity index (χ2v) is 6.13. The summed E-state index contributed by atoms with van der Waals surface area (Å²) in [7, 11) is 0. The highest BCUT2D eigenvalue weighted by Crippen LogP contribution is 2.23. The molecule has 1 amide bonds. The maximum Gasteiger partial charge on any atom is 0.220 e. The highest BCUT2D eigenvalue weighted by molar-refractivity contribution is 5.76. The van der Waals surface area contributed by atoms with Crippen LogP contribution in [0.3, 0.4) is 0 Å². The predicted octanol–water partition coefficient (Wildman–Crippen LogP) is 1.74. The Morgan fingerprint density at radius 2 is 2.04 bits per heavy atom. The van der Waals surface area contributed by atoms with E-state index in [1.807, 2.05) is 0 Å². The lowest BCUT2D eigenvalue weighted by atomic mass is 10.0. The van der Waals surface area contributed by atoms with Gasteiger partial charge in [-0.3, -0.25) is 9.78 Å². The lowest BCUT2D eigenvalue weighted by molar-refractivity contribution is -0.122. The number of β-amino-alcohol motifs (C(OH)–C–C–N with tert-alkyl or cyclic N) is 1. The molecule has 0 unspecified atom stereocenters. The number of aliphatic hydroxyl groups excluding tert-OH is 1. The number of nitrogens with zero attached hydrogens (tertiary/aromatic N) is 1. The highest BCUT2D eigenvalue weighted by atomic mass is 19.2. The summed E-state index contributed by atoms with van der Waals surface area (Å²) in [5.74, 6) is -1.65. The fourth-order valence-corrected chi connectivity index (χ4v) is 2.72. The number of hydrogen-bond donors (Lipinski definition) is 3. The molecule has 26 heavy (non-hydrogen) atoms. The molecule has 1 saturated heterocycles. The van der Waals surface area contributed by atoms with Crippen LogP contribution in [0.5, 0.6) is 11.5 Å². The van der Waals surface area contributed by atoms with Gasteiger partial charge in [0.2, 0.25) is 5.91 Å². The Kier molecular flexibility index (Phi) is 5.75. The van der Waals surface area contributed by atoms with Gasteiger partial charge in [0.1, 0.15) is 11.5 Å². The number of benzene rings is 1. The van der Waals surface area contributed by atoms with Crippen LogP contribution in [-0.4, -0.2) is 35.2 Å². The van der Waals surface area contributed by atoms with Crippen molar-refractivity contribution in [3.63, 3.8) is 0 Å². The molecule has 6 nitrogen and oxygen atoms in total. The Hall–Kier alpha value is -2.58. The molecule has 1 fully saturated rings. The van der Waals surface area contributed by atoms with Crippen LogP contribution in [0.2, 0.25) is 0 Å². The largest absolute Gasteiger partial charge is 0.457 e. The van der Waals surface area contributed by atoms with Crippen LogP contribution in [0, 0.1) is 17.6 Å². The zero-order valence-corrected chi connectivity index (χ0v) is 13.9. The predicted molar refractivity (Wildman–Crippen MR) is 89.5 cm³/mol. The number of rotatable bonds is 6. The Labute approximate surface area is 149 Å². The second kappa shape index (κ2) is 8.20.